The lowest BCUT2D eigenvalue weighted by molar-refractivity contribution is -0.120. The zero-order valence-electron chi connectivity index (χ0n) is 14.2. The molecule has 0 radical (unpaired) electrons. The third-order valence-electron chi connectivity index (χ3n) is 4.43. The van der Waals surface area contributed by atoms with Gasteiger partial charge in [0.25, 0.3) is 0 Å². The van der Waals surface area contributed by atoms with Crippen LogP contribution in [-0.4, -0.2) is 18.0 Å². The highest BCUT2D eigenvalue weighted by Gasteiger charge is 2.21. The average Bonchev–Trinajstić information content (AvgIpc) is 2.64. The first-order valence-corrected chi connectivity index (χ1v) is 8.91. The summed E-state index contributed by atoms with van der Waals surface area (Å²) in [6.45, 7) is 0. The molecule has 132 valence electrons. The molecule has 1 aromatic carbocycles. The molecule has 1 fully saturated rings. The van der Waals surface area contributed by atoms with E-state index in [-0.39, 0.29) is 11.8 Å². The van der Waals surface area contributed by atoms with Gasteiger partial charge in [0.15, 0.2) is 0 Å². The maximum atomic E-state index is 12.2. The van der Waals surface area contributed by atoms with E-state index in [2.05, 4.69) is 15.6 Å². The maximum Gasteiger partial charge on any atom is 0.228 e. The molecule has 0 spiro atoms. The van der Waals surface area contributed by atoms with E-state index in [1.54, 1.807) is 31.5 Å². The van der Waals surface area contributed by atoms with Crippen molar-refractivity contribution in [2.45, 2.75) is 32.1 Å². The monoisotopic (exact) mass is 359 g/mol. The van der Waals surface area contributed by atoms with Crippen molar-refractivity contribution in [1.29, 1.82) is 0 Å². The predicted molar refractivity (Wildman–Crippen MR) is 101 cm³/mol. The molecule has 3 rings (SSSR count). The van der Waals surface area contributed by atoms with Gasteiger partial charge in [-0.1, -0.05) is 30.9 Å². The van der Waals surface area contributed by atoms with Crippen molar-refractivity contribution in [1.82, 2.24) is 4.98 Å². The Morgan fingerprint density at radius 1 is 1.16 bits per heavy atom. The number of aromatic nitrogens is 1. The van der Waals surface area contributed by atoms with Crippen molar-refractivity contribution in [3.63, 3.8) is 0 Å². The van der Waals surface area contributed by atoms with Crippen LogP contribution in [0.25, 0.3) is 0 Å². The Morgan fingerprint density at radius 2 is 1.92 bits per heavy atom. The molecule has 0 atom stereocenters. The first kappa shape index (κ1) is 17.5. The largest absolute Gasteiger partial charge is 0.495 e. The molecule has 1 heterocycles. The van der Waals surface area contributed by atoms with E-state index in [0.29, 0.717) is 16.6 Å². The lowest BCUT2D eigenvalue weighted by atomic mass is 9.89. The molecule has 0 bridgehead atoms. The average molecular weight is 360 g/mol. The summed E-state index contributed by atoms with van der Waals surface area (Å²) in [6, 6.07) is 9.15. The number of ether oxygens (including phenoxy) is 1. The minimum Gasteiger partial charge on any atom is -0.495 e. The van der Waals surface area contributed by atoms with Crippen LogP contribution < -0.4 is 15.4 Å². The van der Waals surface area contributed by atoms with Crippen LogP contribution in [0, 0.1) is 5.92 Å². The second-order valence-electron chi connectivity index (χ2n) is 6.23. The predicted octanol–water partition coefficient (Wildman–Crippen LogP) is 5.01. The number of hydrogen-bond acceptors (Lipinski definition) is 4. The molecule has 0 saturated heterocycles. The van der Waals surface area contributed by atoms with Crippen LogP contribution in [0.2, 0.25) is 5.02 Å². The number of carbonyl (C=O) groups is 1. The number of benzene rings is 1. The fourth-order valence-electron chi connectivity index (χ4n) is 3.05. The second kappa shape index (κ2) is 8.21. The zero-order chi connectivity index (χ0) is 17.6. The molecule has 1 aliphatic rings. The number of pyridine rings is 1. The number of carbonyl (C=O) groups excluding carboxylic acids is 1. The highest BCUT2D eigenvalue weighted by molar-refractivity contribution is 6.32. The van der Waals surface area contributed by atoms with E-state index in [0.717, 1.165) is 37.1 Å². The Labute approximate surface area is 152 Å². The Bertz CT molecular complexity index is 728. The van der Waals surface area contributed by atoms with Crippen LogP contribution in [0.5, 0.6) is 5.75 Å². The summed E-state index contributed by atoms with van der Waals surface area (Å²) < 4.78 is 5.14. The summed E-state index contributed by atoms with van der Waals surface area (Å²) in [4.78, 5) is 16.6. The van der Waals surface area contributed by atoms with Gasteiger partial charge in [-0.15, -0.1) is 0 Å². The van der Waals surface area contributed by atoms with Gasteiger partial charge in [0, 0.05) is 11.6 Å². The number of rotatable bonds is 5. The number of anilines is 3. The highest BCUT2D eigenvalue weighted by Crippen LogP contribution is 2.29. The van der Waals surface area contributed by atoms with Crippen molar-refractivity contribution < 1.29 is 9.53 Å². The van der Waals surface area contributed by atoms with Crippen molar-refractivity contribution in [2.24, 2.45) is 5.92 Å². The van der Waals surface area contributed by atoms with Gasteiger partial charge in [-0.05, 0) is 43.2 Å². The summed E-state index contributed by atoms with van der Waals surface area (Å²) in [5.41, 5.74) is 1.66. The Morgan fingerprint density at radius 3 is 2.56 bits per heavy atom. The molecule has 5 nitrogen and oxygen atoms in total. The number of methoxy groups -OCH3 is 1. The topological polar surface area (TPSA) is 63.2 Å². The molecule has 1 aliphatic carbocycles. The van der Waals surface area contributed by atoms with E-state index in [4.69, 9.17) is 16.3 Å². The van der Waals surface area contributed by atoms with Gasteiger partial charge >= 0.3 is 0 Å². The Balaban J connectivity index is 1.60. The molecular formula is C19H22ClN3O2. The lowest BCUT2D eigenvalue weighted by Crippen LogP contribution is -2.25. The molecular weight excluding hydrogens is 338 g/mol. The van der Waals surface area contributed by atoms with Gasteiger partial charge in [-0.25, -0.2) is 4.98 Å². The number of nitrogens with one attached hydrogen (secondary N) is 2. The molecule has 2 aromatic rings. The molecule has 1 aromatic heterocycles. The number of nitrogens with zero attached hydrogens (tertiary/aromatic N) is 1. The summed E-state index contributed by atoms with van der Waals surface area (Å²) in [6.07, 6.45) is 7.15. The molecule has 1 amide bonds. The van der Waals surface area contributed by atoms with Gasteiger partial charge in [0.1, 0.15) is 11.6 Å². The van der Waals surface area contributed by atoms with Crippen molar-refractivity contribution >= 4 is 34.7 Å². The van der Waals surface area contributed by atoms with E-state index in [1.807, 2.05) is 12.1 Å². The smallest absolute Gasteiger partial charge is 0.228 e. The quantitative estimate of drug-likeness (QED) is 0.788. The number of hydrogen-bond donors (Lipinski definition) is 2. The molecule has 0 unspecified atom stereocenters. The molecule has 0 aliphatic heterocycles. The molecule has 2 N–H and O–H groups in total. The van der Waals surface area contributed by atoms with Crippen LogP contribution in [0.4, 0.5) is 17.2 Å². The van der Waals surface area contributed by atoms with Crippen LogP contribution in [0.1, 0.15) is 32.1 Å². The third-order valence-corrected chi connectivity index (χ3v) is 4.73. The summed E-state index contributed by atoms with van der Waals surface area (Å²) >= 11 is 6.12. The fraction of sp³-hybridized carbons (Fsp3) is 0.368. The zero-order valence-corrected chi connectivity index (χ0v) is 15.0. The standard InChI is InChI=1S/C19H22ClN3O2/c1-25-17-9-7-14(11-16(17)20)22-15-8-10-18(21-12-15)23-19(24)13-5-3-2-4-6-13/h7-13,22H,2-6H2,1H3,(H,21,23,24). The van der Waals surface area contributed by atoms with E-state index < -0.39 is 0 Å². The molecule has 25 heavy (non-hydrogen) atoms. The van der Waals surface area contributed by atoms with Crippen molar-refractivity contribution in [3.8, 4) is 5.75 Å². The number of amides is 1. The van der Waals surface area contributed by atoms with E-state index >= 15 is 0 Å². The maximum absolute atomic E-state index is 12.2. The van der Waals surface area contributed by atoms with Crippen molar-refractivity contribution in [2.75, 3.05) is 17.7 Å². The SMILES string of the molecule is COc1ccc(Nc2ccc(NC(=O)C3CCCCC3)nc2)cc1Cl. The minimum absolute atomic E-state index is 0.0786. The molecule has 6 heteroatoms. The van der Waals surface area contributed by atoms with Crippen LogP contribution in [0.3, 0.4) is 0 Å². The summed E-state index contributed by atoms with van der Waals surface area (Å²) in [5.74, 6) is 1.41. The number of halogens is 1. The van der Waals surface area contributed by atoms with Crippen molar-refractivity contribution in [3.05, 3.63) is 41.6 Å². The van der Waals surface area contributed by atoms with E-state index in [1.165, 1.54) is 6.42 Å². The van der Waals surface area contributed by atoms with Gasteiger partial charge in [0.05, 0.1) is 24.0 Å². The van der Waals surface area contributed by atoms with Gasteiger partial charge in [0.2, 0.25) is 5.91 Å². The minimum atomic E-state index is 0.0786. The van der Waals surface area contributed by atoms with Crippen LogP contribution >= 0.6 is 11.6 Å². The van der Waals surface area contributed by atoms with Crippen LogP contribution in [-0.2, 0) is 4.79 Å². The first-order chi connectivity index (χ1) is 12.2. The van der Waals surface area contributed by atoms with Gasteiger partial charge in [-0.2, -0.15) is 0 Å². The first-order valence-electron chi connectivity index (χ1n) is 8.53. The van der Waals surface area contributed by atoms with Crippen LogP contribution in [0.15, 0.2) is 36.5 Å². The normalized spacial score (nSPS) is 14.8. The Hall–Kier alpha value is -2.27. The fourth-order valence-corrected chi connectivity index (χ4v) is 3.30. The summed E-state index contributed by atoms with van der Waals surface area (Å²) in [7, 11) is 1.58. The second-order valence-corrected chi connectivity index (χ2v) is 6.64. The van der Waals surface area contributed by atoms with Gasteiger partial charge < -0.3 is 15.4 Å². The van der Waals surface area contributed by atoms with E-state index in [9.17, 15) is 4.79 Å². The Kier molecular flexibility index (Phi) is 5.76. The lowest BCUT2D eigenvalue weighted by Gasteiger charge is -2.20. The third kappa shape index (κ3) is 4.63. The highest BCUT2D eigenvalue weighted by atomic mass is 35.5. The molecule has 1 saturated carbocycles. The van der Waals surface area contributed by atoms with Gasteiger partial charge in [-0.3, -0.25) is 4.79 Å². The summed E-state index contributed by atoms with van der Waals surface area (Å²) in [5, 5.41) is 6.67.